The minimum atomic E-state index is 0.663. The minimum absolute atomic E-state index is 0.663. The van der Waals surface area contributed by atoms with Crippen molar-refractivity contribution in [3.63, 3.8) is 0 Å². The molecule has 0 atom stereocenters. The summed E-state index contributed by atoms with van der Waals surface area (Å²) >= 11 is 0. The van der Waals surface area contributed by atoms with Gasteiger partial charge in [-0.15, -0.1) is 0 Å². The molecule has 0 radical (unpaired) electrons. The topological polar surface area (TPSA) is 65.1 Å². The summed E-state index contributed by atoms with van der Waals surface area (Å²) in [5.41, 5.74) is 7.51. The molecule has 102 valence electrons. The van der Waals surface area contributed by atoms with Crippen molar-refractivity contribution in [2.45, 2.75) is 19.9 Å². The zero-order chi connectivity index (χ0) is 13.7. The highest BCUT2D eigenvalue weighted by Crippen LogP contribution is 2.25. The van der Waals surface area contributed by atoms with Crippen LogP contribution in [0.1, 0.15) is 19.2 Å². The van der Waals surface area contributed by atoms with Gasteiger partial charge < -0.3 is 20.4 Å². The Morgan fingerprint density at radius 3 is 2.95 bits per heavy atom. The molecule has 0 spiro atoms. The van der Waals surface area contributed by atoms with Gasteiger partial charge in [-0.2, -0.15) is 0 Å². The number of nitrogens with zero attached hydrogens (tertiary/aromatic N) is 2. The van der Waals surface area contributed by atoms with Crippen LogP contribution in [0.4, 0.5) is 11.4 Å². The monoisotopic (exact) mass is 260 g/mol. The van der Waals surface area contributed by atoms with Crippen molar-refractivity contribution < 1.29 is 4.74 Å². The lowest BCUT2D eigenvalue weighted by molar-refractivity contribution is 0.319. The first-order chi connectivity index (χ1) is 9.20. The van der Waals surface area contributed by atoms with E-state index in [9.17, 15) is 0 Å². The Bertz CT molecular complexity index is 536. The summed E-state index contributed by atoms with van der Waals surface area (Å²) < 4.78 is 7.59. The molecule has 2 rings (SSSR count). The fourth-order valence-electron chi connectivity index (χ4n) is 1.73. The summed E-state index contributed by atoms with van der Waals surface area (Å²) in [5.74, 6) is 1.71. The van der Waals surface area contributed by atoms with Gasteiger partial charge in [0.25, 0.3) is 0 Å². The standard InChI is InChI=1S/C14H20N4O/c1-3-8-19-13-9-11(4-5-12(13)15)17-10-14-16-6-7-18(14)2/h4-7,9,17H,3,8,10,15H2,1-2H3. The number of ether oxygens (including phenoxy) is 1. The first-order valence-corrected chi connectivity index (χ1v) is 6.43. The Kier molecular flexibility index (Phi) is 4.28. The predicted molar refractivity (Wildman–Crippen MR) is 77.2 cm³/mol. The van der Waals surface area contributed by atoms with Crippen LogP contribution >= 0.6 is 0 Å². The van der Waals surface area contributed by atoms with Crippen LogP contribution in [0.15, 0.2) is 30.6 Å². The second-order valence-electron chi connectivity index (χ2n) is 4.41. The summed E-state index contributed by atoms with van der Waals surface area (Å²) in [5, 5.41) is 3.31. The fourth-order valence-corrected chi connectivity index (χ4v) is 1.73. The summed E-state index contributed by atoms with van der Waals surface area (Å²) in [7, 11) is 1.97. The van der Waals surface area contributed by atoms with Gasteiger partial charge in [0.2, 0.25) is 0 Å². The number of nitrogen functional groups attached to an aromatic ring is 1. The molecule has 3 N–H and O–H groups in total. The van der Waals surface area contributed by atoms with Crippen LogP contribution in [-0.4, -0.2) is 16.2 Å². The third-order valence-corrected chi connectivity index (χ3v) is 2.85. The molecule has 0 unspecified atom stereocenters. The van der Waals surface area contributed by atoms with Crippen molar-refractivity contribution in [1.29, 1.82) is 0 Å². The maximum Gasteiger partial charge on any atom is 0.144 e. The Balaban J connectivity index is 2.02. The Morgan fingerprint density at radius 1 is 1.42 bits per heavy atom. The number of imidazole rings is 1. The number of hydrogen-bond donors (Lipinski definition) is 2. The SMILES string of the molecule is CCCOc1cc(NCc2nccn2C)ccc1N. The van der Waals surface area contributed by atoms with E-state index in [1.165, 1.54) is 0 Å². The van der Waals surface area contributed by atoms with Crippen molar-refractivity contribution in [2.75, 3.05) is 17.7 Å². The molecule has 0 bridgehead atoms. The van der Waals surface area contributed by atoms with Crippen LogP contribution in [0.3, 0.4) is 0 Å². The average molecular weight is 260 g/mol. The quantitative estimate of drug-likeness (QED) is 0.783. The lowest BCUT2D eigenvalue weighted by Crippen LogP contribution is -2.06. The van der Waals surface area contributed by atoms with Gasteiger partial charge in [-0.3, -0.25) is 0 Å². The van der Waals surface area contributed by atoms with Gasteiger partial charge in [-0.1, -0.05) is 6.92 Å². The van der Waals surface area contributed by atoms with Crippen molar-refractivity contribution in [1.82, 2.24) is 9.55 Å². The normalized spacial score (nSPS) is 10.4. The van der Waals surface area contributed by atoms with E-state index in [1.54, 1.807) is 6.20 Å². The van der Waals surface area contributed by atoms with E-state index >= 15 is 0 Å². The molecule has 1 aromatic carbocycles. The van der Waals surface area contributed by atoms with Crippen molar-refractivity contribution in [3.8, 4) is 5.75 Å². The third kappa shape index (κ3) is 3.40. The van der Waals surface area contributed by atoms with E-state index in [-0.39, 0.29) is 0 Å². The van der Waals surface area contributed by atoms with Crippen LogP contribution in [0.5, 0.6) is 5.75 Å². The number of anilines is 2. The second kappa shape index (κ2) is 6.13. The zero-order valence-electron chi connectivity index (χ0n) is 11.4. The van der Waals surface area contributed by atoms with Crippen molar-refractivity contribution >= 4 is 11.4 Å². The van der Waals surface area contributed by atoms with Crippen molar-refractivity contribution in [2.24, 2.45) is 7.05 Å². The first-order valence-electron chi connectivity index (χ1n) is 6.43. The Hall–Kier alpha value is -2.17. The van der Waals surface area contributed by atoms with E-state index in [4.69, 9.17) is 10.5 Å². The summed E-state index contributed by atoms with van der Waals surface area (Å²) in [6, 6.07) is 5.72. The van der Waals surface area contributed by atoms with Crippen LogP contribution in [0.2, 0.25) is 0 Å². The number of aryl methyl sites for hydroxylation is 1. The largest absolute Gasteiger partial charge is 0.491 e. The molecule has 1 aromatic heterocycles. The fraction of sp³-hybridized carbons (Fsp3) is 0.357. The molecule has 5 nitrogen and oxygen atoms in total. The Labute approximate surface area is 113 Å². The highest BCUT2D eigenvalue weighted by atomic mass is 16.5. The summed E-state index contributed by atoms with van der Waals surface area (Å²) in [6.45, 7) is 3.41. The average Bonchev–Trinajstić information content (AvgIpc) is 2.82. The van der Waals surface area contributed by atoms with Crippen LogP contribution < -0.4 is 15.8 Å². The third-order valence-electron chi connectivity index (χ3n) is 2.85. The molecule has 0 aliphatic rings. The zero-order valence-corrected chi connectivity index (χ0v) is 11.4. The molecule has 0 aliphatic heterocycles. The van der Waals surface area contributed by atoms with Gasteiger partial charge in [0.05, 0.1) is 18.8 Å². The first kappa shape index (κ1) is 13.3. The smallest absolute Gasteiger partial charge is 0.144 e. The molecule has 0 saturated heterocycles. The van der Waals surface area contributed by atoms with E-state index in [0.29, 0.717) is 18.8 Å². The highest BCUT2D eigenvalue weighted by Gasteiger charge is 2.03. The molecular formula is C14H20N4O. The molecule has 2 aromatic rings. The van der Waals surface area contributed by atoms with Gasteiger partial charge in [0, 0.05) is 31.2 Å². The molecule has 0 fully saturated rings. The van der Waals surface area contributed by atoms with Gasteiger partial charge in [0.15, 0.2) is 0 Å². The summed E-state index contributed by atoms with van der Waals surface area (Å²) in [6.07, 6.45) is 4.68. The van der Waals surface area contributed by atoms with Gasteiger partial charge in [-0.05, 0) is 18.6 Å². The maximum absolute atomic E-state index is 5.88. The Morgan fingerprint density at radius 2 is 2.26 bits per heavy atom. The number of nitrogens with two attached hydrogens (primary N) is 1. The molecule has 0 aliphatic carbocycles. The lowest BCUT2D eigenvalue weighted by Gasteiger charge is -2.11. The molecule has 1 heterocycles. The van der Waals surface area contributed by atoms with Crippen LogP contribution in [-0.2, 0) is 13.6 Å². The number of aromatic nitrogens is 2. The number of nitrogens with one attached hydrogen (secondary N) is 1. The van der Waals surface area contributed by atoms with Crippen LogP contribution in [0, 0.1) is 0 Å². The second-order valence-corrected chi connectivity index (χ2v) is 4.41. The van der Waals surface area contributed by atoms with E-state index in [2.05, 4.69) is 17.2 Å². The summed E-state index contributed by atoms with van der Waals surface area (Å²) in [4.78, 5) is 4.26. The minimum Gasteiger partial charge on any atom is -0.491 e. The molecule has 5 heteroatoms. The van der Waals surface area contributed by atoms with Crippen LogP contribution in [0.25, 0.3) is 0 Å². The highest BCUT2D eigenvalue weighted by molar-refractivity contribution is 5.61. The van der Waals surface area contributed by atoms with Crippen molar-refractivity contribution in [3.05, 3.63) is 36.4 Å². The van der Waals surface area contributed by atoms with Gasteiger partial charge in [0.1, 0.15) is 11.6 Å². The molecule has 19 heavy (non-hydrogen) atoms. The number of hydrogen-bond acceptors (Lipinski definition) is 4. The molecular weight excluding hydrogens is 240 g/mol. The van der Waals surface area contributed by atoms with Gasteiger partial charge in [-0.25, -0.2) is 4.98 Å². The van der Waals surface area contributed by atoms with Gasteiger partial charge >= 0.3 is 0 Å². The molecule has 0 amide bonds. The number of benzene rings is 1. The lowest BCUT2D eigenvalue weighted by atomic mass is 10.2. The molecule has 0 saturated carbocycles. The maximum atomic E-state index is 5.88. The number of rotatable bonds is 6. The predicted octanol–water partition coefficient (Wildman–Crippen LogP) is 2.40. The van der Waals surface area contributed by atoms with E-state index in [0.717, 1.165) is 23.7 Å². The van der Waals surface area contributed by atoms with E-state index in [1.807, 2.05) is 36.0 Å². The van der Waals surface area contributed by atoms with E-state index < -0.39 is 0 Å².